The van der Waals surface area contributed by atoms with E-state index in [0.29, 0.717) is 52.9 Å². The number of hydrogen-bond acceptors (Lipinski definition) is 8. The number of anilines is 1. The van der Waals surface area contributed by atoms with Gasteiger partial charge in [-0.25, -0.2) is 9.48 Å². The maximum atomic E-state index is 14.0. The van der Waals surface area contributed by atoms with Crippen LogP contribution < -0.4 is 19.5 Å². The third-order valence-electron chi connectivity index (χ3n) is 7.79. The van der Waals surface area contributed by atoms with Crippen LogP contribution in [0.3, 0.4) is 0 Å². The average Bonchev–Trinajstić information content (AvgIpc) is 3.63. The fourth-order valence-corrected chi connectivity index (χ4v) is 6.85. The number of aromatic nitrogens is 2. The second-order valence-electron chi connectivity index (χ2n) is 10.0. The summed E-state index contributed by atoms with van der Waals surface area (Å²) in [6, 6.07) is 14.6. The van der Waals surface area contributed by atoms with Gasteiger partial charge in [0.05, 0.1) is 38.3 Å². The molecule has 2 atom stereocenters. The molecule has 0 unspecified atom stereocenters. The summed E-state index contributed by atoms with van der Waals surface area (Å²) in [6.07, 6.45) is 1.03. The average molecular weight is 572 g/mol. The molecule has 0 saturated carbocycles. The van der Waals surface area contributed by atoms with Crippen molar-refractivity contribution in [3.8, 4) is 22.9 Å². The number of allylic oxidation sites excluding steroid dienone is 2. The van der Waals surface area contributed by atoms with Crippen LogP contribution >= 0.6 is 11.3 Å². The summed E-state index contributed by atoms with van der Waals surface area (Å²) in [5.74, 6) is 0.600. The number of ether oxygens (including phenoxy) is 3. The summed E-state index contributed by atoms with van der Waals surface area (Å²) in [5.41, 5.74) is 4.29. The summed E-state index contributed by atoms with van der Waals surface area (Å²) >= 11 is 1.64. The lowest BCUT2D eigenvalue weighted by Crippen LogP contribution is -2.30. The highest BCUT2D eigenvalue weighted by atomic mass is 32.1. The summed E-state index contributed by atoms with van der Waals surface area (Å²) < 4.78 is 18.5. The van der Waals surface area contributed by atoms with Crippen molar-refractivity contribution >= 4 is 28.9 Å². The summed E-state index contributed by atoms with van der Waals surface area (Å²) in [5, 5.41) is 20.3. The number of aryl methyl sites for hydroxylation is 1. The largest absolute Gasteiger partial charge is 0.493 e. The highest BCUT2D eigenvalue weighted by Gasteiger charge is 2.42. The van der Waals surface area contributed by atoms with Crippen molar-refractivity contribution in [1.82, 2.24) is 9.78 Å². The first-order valence-electron chi connectivity index (χ1n) is 13.1. The van der Waals surface area contributed by atoms with E-state index < -0.39 is 11.9 Å². The zero-order chi connectivity index (χ0) is 28.8. The maximum absolute atomic E-state index is 14.0. The number of carboxylic acids is 1. The number of fused-ring (bicyclic) bond motifs is 1. The Morgan fingerprint density at radius 1 is 1.05 bits per heavy atom. The van der Waals surface area contributed by atoms with Gasteiger partial charge in [-0.1, -0.05) is 18.2 Å². The predicted octanol–water partition coefficient (Wildman–Crippen LogP) is 5.92. The van der Waals surface area contributed by atoms with Gasteiger partial charge in [-0.15, -0.1) is 11.3 Å². The number of nitrogens with zero attached hydrogens (tertiary/aromatic N) is 2. The highest BCUT2D eigenvalue weighted by Crippen LogP contribution is 2.52. The molecule has 210 valence electrons. The minimum Gasteiger partial charge on any atom is -0.493 e. The number of ketones is 1. The van der Waals surface area contributed by atoms with E-state index in [0.717, 1.165) is 21.7 Å². The molecule has 1 aliphatic carbocycles. The third kappa shape index (κ3) is 4.35. The van der Waals surface area contributed by atoms with Crippen LogP contribution in [0.4, 0.5) is 5.82 Å². The predicted molar refractivity (Wildman–Crippen MR) is 155 cm³/mol. The minimum absolute atomic E-state index is 0.0414. The number of aromatic carboxylic acids is 1. The molecule has 4 aromatic rings. The topological polar surface area (TPSA) is 112 Å². The van der Waals surface area contributed by atoms with Crippen molar-refractivity contribution in [1.29, 1.82) is 0 Å². The van der Waals surface area contributed by atoms with E-state index in [1.54, 1.807) is 61.6 Å². The Labute approximate surface area is 241 Å². The number of benzene rings is 2. The molecule has 1 aliphatic heterocycles. The molecule has 2 aliphatic rings. The standard InChI is InChI=1S/C31H29N3O6S/c1-16-26-27(18-14-23(38-2)29(40-4)24(15-18)39-3)28-20(12-17(13-22(28)35)25-10-7-11-41-25)32-30(26)34(33-16)21-9-6-5-8-19(21)31(36)37/h5-11,14-15,17,27,32H,12-13H2,1-4H3,(H,36,37)/t17-,27-/m0/s1. The zero-order valence-electron chi connectivity index (χ0n) is 23.1. The lowest BCUT2D eigenvalue weighted by Gasteiger charge is -2.35. The summed E-state index contributed by atoms with van der Waals surface area (Å²) in [6.45, 7) is 1.87. The molecule has 0 radical (unpaired) electrons. The number of hydrogen-bond donors (Lipinski definition) is 2. The van der Waals surface area contributed by atoms with Gasteiger partial charge < -0.3 is 24.6 Å². The van der Waals surface area contributed by atoms with Gasteiger partial charge in [0.15, 0.2) is 17.3 Å². The number of rotatable bonds is 7. The van der Waals surface area contributed by atoms with E-state index in [-0.39, 0.29) is 17.3 Å². The fraction of sp³-hybridized carbons (Fsp3) is 0.258. The number of Topliss-reactive ketones (excluding diaryl/α,β-unsaturated/α-hetero) is 1. The second kappa shape index (κ2) is 10.4. The van der Waals surface area contributed by atoms with E-state index in [1.165, 1.54) is 0 Å². The van der Waals surface area contributed by atoms with Crippen LogP contribution in [0, 0.1) is 6.92 Å². The highest BCUT2D eigenvalue weighted by molar-refractivity contribution is 7.10. The van der Waals surface area contributed by atoms with Crippen LogP contribution in [0.5, 0.6) is 17.2 Å². The van der Waals surface area contributed by atoms with Gasteiger partial charge in [0.1, 0.15) is 5.82 Å². The molecule has 0 amide bonds. The molecule has 41 heavy (non-hydrogen) atoms. The SMILES string of the molecule is COc1cc([C@@H]2C3=C(C[C@H](c4cccs4)CC3=O)Nc3c2c(C)nn3-c2ccccc2C(=O)O)cc(OC)c1OC. The molecule has 2 aromatic carbocycles. The molecule has 0 spiro atoms. The third-order valence-corrected chi connectivity index (χ3v) is 8.82. The van der Waals surface area contributed by atoms with Crippen LogP contribution in [-0.2, 0) is 4.79 Å². The number of thiophene rings is 1. The van der Waals surface area contributed by atoms with Gasteiger partial charge in [0.25, 0.3) is 0 Å². The minimum atomic E-state index is -1.05. The Hall–Kier alpha value is -4.57. The van der Waals surface area contributed by atoms with Crippen molar-refractivity contribution in [2.45, 2.75) is 31.6 Å². The molecule has 9 nitrogen and oxygen atoms in total. The number of carbonyl (C=O) groups is 2. The molecule has 3 heterocycles. The van der Waals surface area contributed by atoms with Crippen molar-refractivity contribution < 1.29 is 28.9 Å². The van der Waals surface area contributed by atoms with Crippen molar-refractivity contribution in [3.63, 3.8) is 0 Å². The van der Waals surface area contributed by atoms with Crippen molar-refractivity contribution in [2.75, 3.05) is 26.6 Å². The van der Waals surface area contributed by atoms with Gasteiger partial charge >= 0.3 is 5.97 Å². The number of methoxy groups -OCH3 is 3. The number of nitrogens with one attached hydrogen (secondary N) is 1. The second-order valence-corrected chi connectivity index (χ2v) is 11.0. The Kier molecular flexibility index (Phi) is 6.78. The van der Waals surface area contributed by atoms with Crippen LogP contribution in [0.1, 0.15) is 56.7 Å². The van der Waals surface area contributed by atoms with Gasteiger partial charge in [-0.2, -0.15) is 5.10 Å². The van der Waals surface area contributed by atoms with Gasteiger partial charge in [-0.3, -0.25) is 4.79 Å². The van der Waals surface area contributed by atoms with Crippen LogP contribution in [0.15, 0.2) is 65.2 Å². The Morgan fingerprint density at radius 2 is 1.78 bits per heavy atom. The molecule has 0 bridgehead atoms. The van der Waals surface area contributed by atoms with Crippen LogP contribution in [0.25, 0.3) is 5.69 Å². The fourth-order valence-electron chi connectivity index (χ4n) is 6.02. The molecule has 10 heteroatoms. The molecule has 2 aromatic heterocycles. The number of para-hydroxylation sites is 1. The normalized spacial score (nSPS) is 17.9. The molecular formula is C31H29N3O6S. The Bertz CT molecular complexity index is 1680. The Balaban J connectivity index is 1.60. The van der Waals surface area contributed by atoms with Crippen LogP contribution in [0.2, 0.25) is 0 Å². The molecule has 6 rings (SSSR count). The first-order chi connectivity index (χ1) is 19.9. The molecular weight excluding hydrogens is 542 g/mol. The maximum Gasteiger partial charge on any atom is 0.337 e. The molecule has 0 saturated heterocycles. The van der Waals surface area contributed by atoms with E-state index in [2.05, 4.69) is 11.4 Å². The van der Waals surface area contributed by atoms with Gasteiger partial charge in [0, 0.05) is 40.0 Å². The zero-order valence-corrected chi connectivity index (χ0v) is 23.9. The smallest absolute Gasteiger partial charge is 0.337 e. The lowest BCUT2D eigenvalue weighted by molar-refractivity contribution is -0.116. The number of carboxylic acid groups (broad SMARTS) is 1. The van der Waals surface area contributed by atoms with Gasteiger partial charge in [-0.05, 0) is 54.6 Å². The first kappa shape index (κ1) is 26.6. The van der Waals surface area contributed by atoms with E-state index in [1.807, 2.05) is 30.5 Å². The summed E-state index contributed by atoms with van der Waals surface area (Å²) in [7, 11) is 4.67. The first-order valence-corrected chi connectivity index (χ1v) is 14.0. The van der Waals surface area contributed by atoms with E-state index in [9.17, 15) is 14.7 Å². The van der Waals surface area contributed by atoms with Crippen molar-refractivity contribution in [3.05, 3.63) is 92.4 Å². The van der Waals surface area contributed by atoms with Gasteiger partial charge in [0.2, 0.25) is 5.75 Å². The quantitative estimate of drug-likeness (QED) is 0.281. The summed E-state index contributed by atoms with van der Waals surface area (Å²) in [4.78, 5) is 27.3. The van der Waals surface area contributed by atoms with Crippen molar-refractivity contribution in [2.24, 2.45) is 0 Å². The Morgan fingerprint density at radius 3 is 2.41 bits per heavy atom. The van der Waals surface area contributed by atoms with E-state index in [4.69, 9.17) is 19.3 Å². The molecule has 2 N–H and O–H groups in total. The number of carbonyl (C=O) groups excluding carboxylic acids is 1. The lowest BCUT2D eigenvalue weighted by atomic mass is 9.73. The van der Waals surface area contributed by atoms with Crippen LogP contribution in [-0.4, -0.2) is 48.0 Å². The monoisotopic (exact) mass is 571 g/mol. The molecule has 0 fully saturated rings. The van der Waals surface area contributed by atoms with E-state index >= 15 is 0 Å².